The molecule has 1 aliphatic rings. The summed E-state index contributed by atoms with van der Waals surface area (Å²) in [5.74, 6) is 0.535. The van der Waals surface area contributed by atoms with Crippen LogP contribution in [0.15, 0.2) is 18.4 Å². The van der Waals surface area contributed by atoms with Crippen LogP contribution in [0.5, 0.6) is 0 Å². The molecule has 1 aliphatic carbocycles. The third kappa shape index (κ3) is 2.90. The molecule has 0 heterocycles. The topological polar surface area (TPSA) is 0 Å². The van der Waals surface area contributed by atoms with Crippen molar-refractivity contribution >= 4 is 0 Å². The fourth-order valence-electron chi connectivity index (χ4n) is 1.62. The van der Waals surface area contributed by atoms with Gasteiger partial charge in [-0.1, -0.05) is 6.58 Å². The maximum Gasteiger partial charge on any atom is 0.100 e. The molecule has 62 valence electrons. The van der Waals surface area contributed by atoms with Crippen LogP contribution in [0.25, 0.3) is 0 Å². The molecule has 0 amide bonds. The van der Waals surface area contributed by atoms with Crippen LogP contribution in [-0.2, 0) is 0 Å². The number of alkyl halides is 1. The predicted molar refractivity (Wildman–Crippen MR) is 45.2 cm³/mol. The van der Waals surface area contributed by atoms with Crippen LogP contribution in [0, 0.1) is 5.92 Å². The minimum Gasteiger partial charge on any atom is -0.247 e. The Morgan fingerprint density at radius 3 is 2.82 bits per heavy atom. The Morgan fingerprint density at radius 2 is 2.09 bits per heavy atom. The first-order valence-corrected chi connectivity index (χ1v) is 4.33. The molecule has 1 unspecified atom stereocenters. The highest BCUT2D eigenvalue weighted by Gasteiger charge is 2.15. The maximum atomic E-state index is 12.8. The summed E-state index contributed by atoms with van der Waals surface area (Å²) >= 11 is 0. The highest BCUT2D eigenvalue weighted by Crippen LogP contribution is 2.25. The van der Waals surface area contributed by atoms with Gasteiger partial charge < -0.3 is 0 Å². The summed E-state index contributed by atoms with van der Waals surface area (Å²) in [5.41, 5.74) is 2.78. The van der Waals surface area contributed by atoms with Gasteiger partial charge >= 0.3 is 0 Å². The van der Waals surface area contributed by atoms with Crippen molar-refractivity contribution in [2.75, 3.05) is 0 Å². The zero-order valence-electron chi connectivity index (χ0n) is 6.85. The lowest BCUT2D eigenvalue weighted by atomic mass is 10.0. The Hall–Kier alpha value is -0.550. The van der Waals surface area contributed by atoms with E-state index < -0.39 is 6.17 Å². The quantitative estimate of drug-likeness (QED) is 0.402. The third-order valence-corrected chi connectivity index (χ3v) is 2.30. The molecule has 0 spiro atoms. The third-order valence-electron chi connectivity index (χ3n) is 2.30. The van der Waals surface area contributed by atoms with Crippen molar-refractivity contribution in [3.63, 3.8) is 0 Å². The molecule has 1 rings (SSSR count). The lowest BCUT2D eigenvalue weighted by Crippen LogP contribution is -1.96. The smallest absolute Gasteiger partial charge is 0.100 e. The lowest BCUT2D eigenvalue weighted by molar-refractivity contribution is 0.299. The number of hydrogen-bond acceptors (Lipinski definition) is 0. The summed E-state index contributed by atoms with van der Waals surface area (Å²) in [4.78, 5) is 0. The minimum atomic E-state index is -0.557. The van der Waals surface area contributed by atoms with Crippen molar-refractivity contribution in [3.8, 4) is 0 Å². The number of rotatable bonds is 1. The molecule has 0 radical (unpaired) electrons. The van der Waals surface area contributed by atoms with Gasteiger partial charge in [0.1, 0.15) is 6.17 Å². The molecule has 0 aromatic rings. The second kappa shape index (κ2) is 4.35. The molecule has 0 aromatic carbocycles. The van der Waals surface area contributed by atoms with Crippen LogP contribution in [-0.4, -0.2) is 6.17 Å². The number of allylic oxidation sites excluding steroid dienone is 1. The number of hydrogen-bond donors (Lipinski definition) is 0. The van der Waals surface area contributed by atoms with E-state index in [1.54, 1.807) is 0 Å². The zero-order chi connectivity index (χ0) is 8.10. The zero-order valence-corrected chi connectivity index (χ0v) is 6.85. The van der Waals surface area contributed by atoms with Gasteiger partial charge in [0.25, 0.3) is 0 Å². The predicted octanol–water partition coefficient (Wildman–Crippen LogP) is 3.25. The van der Waals surface area contributed by atoms with Gasteiger partial charge in [-0.05, 0) is 44.1 Å². The van der Waals surface area contributed by atoms with E-state index in [0.717, 1.165) is 32.1 Å². The minimum absolute atomic E-state index is 0.535. The Morgan fingerprint density at radius 1 is 1.27 bits per heavy atom. The van der Waals surface area contributed by atoms with Crippen molar-refractivity contribution in [3.05, 3.63) is 18.4 Å². The van der Waals surface area contributed by atoms with Crippen LogP contribution < -0.4 is 0 Å². The Balaban J connectivity index is 2.39. The van der Waals surface area contributed by atoms with Crippen LogP contribution in [0.3, 0.4) is 0 Å². The van der Waals surface area contributed by atoms with E-state index in [0.29, 0.717) is 5.92 Å². The van der Waals surface area contributed by atoms with Crippen LogP contribution in [0.4, 0.5) is 4.39 Å². The standard InChI is InChI=1S/C10H15F/c1-2-4-9-5-3-6-10(11)8-7-9/h4,9-10H,1,3,5-8H2/t9-,10?/m0/s1. The maximum absolute atomic E-state index is 12.8. The molecule has 0 nitrogen and oxygen atoms in total. The van der Waals surface area contributed by atoms with Gasteiger partial charge in [0, 0.05) is 0 Å². The molecule has 11 heavy (non-hydrogen) atoms. The second-order valence-electron chi connectivity index (χ2n) is 3.24. The Bertz CT molecular complexity index is 156. The molecule has 2 atom stereocenters. The summed E-state index contributed by atoms with van der Waals surface area (Å²) < 4.78 is 12.8. The molecule has 0 aromatic heterocycles. The highest BCUT2D eigenvalue weighted by atomic mass is 19.1. The van der Waals surface area contributed by atoms with E-state index in [9.17, 15) is 4.39 Å². The van der Waals surface area contributed by atoms with Crippen molar-refractivity contribution in [1.82, 2.24) is 0 Å². The summed E-state index contributed by atoms with van der Waals surface area (Å²) in [6.45, 7) is 3.53. The molecule has 1 heteroatoms. The molecular weight excluding hydrogens is 139 g/mol. The second-order valence-corrected chi connectivity index (χ2v) is 3.24. The van der Waals surface area contributed by atoms with Gasteiger partial charge in [-0.15, -0.1) is 5.73 Å². The van der Waals surface area contributed by atoms with E-state index in [-0.39, 0.29) is 0 Å². The van der Waals surface area contributed by atoms with Gasteiger partial charge in [-0.25, -0.2) is 4.39 Å². The Labute approximate surface area is 67.8 Å². The van der Waals surface area contributed by atoms with E-state index in [1.165, 1.54) is 0 Å². The van der Waals surface area contributed by atoms with Crippen LogP contribution in [0.1, 0.15) is 32.1 Å². The average molecular weight is 154 g/mol. The molecular formula is C10H15F. The van der Waals surface area contributed by atoms with Crippen molar-refractivity contribution in [1.29, 1.82) is 0 Å². The first-order valence-electron chi connectivity index (χ1n) is 4.33. The summed E-state index contributed by atoms with van der Waals surface area (Å²) in [6.07, 6.45) is 6.01. The normalized spacial score (nSPS) is 32.1. The lowest BCUT2D eigenvalue weighted by Gasteiger charge is -2.05. The fraction of sp³-hybridized carbons (Fsp3) is 0.700. The molecule has 1 fully saturated rings. The largest absolute Gasteiger partial charge is 0.247 e. The van der Waals surface area contributed by atoms with E-state index in [4.69, 9.17) is 0 Å². The summed E-state index contributed by atoms with van der Waals surface area (Å²) in [6, 6.07) is 0. The summed E-state index contributed by atoms with van der Waals surface area (Å²) in [7, 11) is 0. The first-order chi connectivity index (χ1) is 5.33. The van der Waals surface area contributed by atoms with Gasteiger partial charge in [0.05, 0.1) is 0 Å². The van der Waals surface area contributed by atoms with Crippen LogP contribution in [0.2, 0.25) is 0 Å². The van der Waals surface area contributed by atoms with Gasteiger partial charge in [0.15, 0.2) is 0 Å². The number of halogens is 1. The van der Waals surface area contributed by atoms with Gasteiger partial charge in [-0.3, -0.25) is 0 Å². The molecule has 1 saturated carbocycles. The monoisotopic (exact) mass is 154 g/mol. The van der Waals surface area contributed by atoms with Gasteiger partial charge in [-0.2, -0.15) is 0 Å². The molecule has 0 bridgehead atoms. The highest BCUT2D eigenvalue weighted by molar-refractivity contribution is 4.86. The molecule has 0 saturated heterocycles. The average Bonchev–Trinajstić information content (AvgIpc) is 2.17. The Kier molecular flexibility index (Phi) is 3.38. The molecule has 0 aliphatic heterocycles. The van der Waals surface area contributed by atoms with Crippen molar-refractivity contribution in [2.24, 2.45) is 5.92 Å². The van der Waals surface area contributed by atoms with E-state index in [1.807, 2.05) is 6.08 Å². The SMILES string of the molecule is C=C=C[C@H]1CCCC(F)CC1. The summed E-state index contributed by atoms with van der Waals surface area (Å²) in [5, 5.41) is 0. The van der Waals surface area contributed by atoms with Crippen molar-refractivity contribution < 1.29 is 4.39 Å². The van der Waals surface area contributed by atoms with E-state index >= 15 is 0 Å². The fourth-order valence-corrected chi connectivity index (χ4v) is 1.62. The van der Waals surface area contributed by atoms with Crippen LogP contribution >= 0.6 is 0 Å². The van der Waals surface area contributed by atoms with Gasteiger partial charge in [0.2, 0.25) is 0 Å². The van der Waals surface area contributed by atoms with E-state index in [2.05, 4.69) is 12.3 Å². The van der Waals surface area contributed by atoms with Crippen molar-refractivity contribution in [2.45, 2.75) is 38.3 Å². The molecule has 0 N–H and O–H groups in total. The first kappa shape index (κ1) is 8.55.